The van der Waals surface area contributed by atoms with E-state index in [1.54, 1.807) is 0 Å². The standard InChI is InChI=1S/C11H13NO4S/c13-11(16-17(14)15)10-7-4-8-12(10)9-5-2-1-3-6-9/h1-3,5-6,10H,4,7-8H2,(H,14,15)/t10-/m0/s1. The monoisotopic (exact) mass is 255 g/mol. The van der Waals surface area contributed by atoms with E-state index < -0.39 is 23.4 Å². The fourth-order valence-electron chi connectivity index (χ4n) is 2.07. The van der Waals surface area contributed by atoms with Crippen LogP contribution >= 0.6 is 0 Å². The van der Waals surface area contributed by atoms with Crippen LogP contribution in [0.3, 0.4) is 0 Å². The van der Waals surface area contributed by atoms with Gasteiger partial charge in [0.2, 0.25) is 0 Å². The summed E-state index contributed by atoms with van der Waals surface area (Å²) in [6.07, 6.45) is 1.51. The van der Waals surface area contributed by atoms with Crippen LogP contribution in [0, 0.1) is 0 Å². The van der Waals surface area contributed by atoms with Gasteiger partial charge in [-0.3, -0.25) is 4.55 Å². The molecule has 1 aliphatic rings. The van der Waals surface area contributed by atoms with Crippen LogP contribution in [0.15, 0.2) is 30.3 Å². The summed E-state index contributed by atoms with van der Waals surface area (Å²) in [7, 11) is 0. The minimum atomic E-state index is -2.54. The number of para-hydroxylation sites is 1. The summed E-state index contributed by atoms with van der Waals surface area (Å²) in [4.78, 5) is 13.5. The van der Waals surface area contributed by atoms with Gasteiger partial charge in [-0.2, -0.15) is 4.21 Å². The summed E-state index contributed by atoms with van der Waals surface area (Å²) in [5.74, 6) is -0.646. The van der Waals surface area contributed by atoms with Crippen molar-refractivity contribution in [1.82, 2.24) is 0 Å². The van der Waals surface area contributed by atoms with Crippen molar-refractivity contribution >= 4 is 23.0 Å². The molecular weight excluding hydrogens is 242 g/mol. The summed E-state index contributed by atoms with van der Waals surface area (Å²) in [5.41, 5.74) is 0.927. The topological polar surface area (TPSA) is 66.8 Å². The Morgan fingerprint density at radius 1 is 1.41 bits per heavy atom. The number of nitrogens with zero attached hydrogens (tertiary/aromatic N) is 1. The van der Waals surface area contributed by atoms with Gasteiger partial charge in [-0.05, 0) is 25.0 Å². The van der Waals surface area contributed by atoms with Crippen molar-refractivity contribution in [2.24, 2.45) is 0 Å². The van der Waals surface area contributed by atoms with Crippen LogP contribution in [0.25, 0.3) is 0 Å². The molecule has 1 saturated heterocycles. The molecular formula is C11H13NO4S. The van der Waals surface area contributed by atoms with E-state index in [0.717, 1.165) is 18.7 Å². The molecule has 1 heterocycles. The van der Waals surface area contributed by atoms with Gasteiger partial charge in [0, 0.05) is 12.2 Å². The first kappa shape index (κ1) is 12.1. The van der Waals surface area contributed by atoms with Crippen LogP contribution in [0.1, 0.15) is 12.8 Å². The average molecular weight is 255 g/mol. The highest BCUT2D eigenvalue weighted by atomic mass is 32.2. The van der Waals surface area contributed by atoms with Crippen LogP contribution in [0.5, 0.6) is 0 Å². The molecule has 1 aromatic rings. The quantitative estimate of drug-likeness (QED) is 0.825. The number of carbonyl (C=O) groups excluding carboxylic acids is 1. The van der Waals surface area contributed by atoms with E-state index in [2.05, 4.69) is 4.18 Å². The van der Waals surface area contributed by atoms with E-state index in [9.17, 15) is 9.00 Å². The summed E-state index contributed by atoms with van der Waals surface area (Å²) in [6.45, 7) is 0.752. The highest BCUT2D eigenvalue weighted by Gasteiger charge is 2.33. The second-order valence-electron chi connectivity index (χ2n) is 3.81. The van der Waals surface area contributed by atoms with Gasteiger partial charge in [-0.1, -0.05) is 18.2 Å². The Kier molecular flexibility index (Phi) is 3.75. The Labute approximate surface area is 102 Å². The van der Waals surface area contributed by atoms with E-state index >= 15 is 0 Å². The van der Waals surface area contributed by atoms with Crippen molar-refractivity contribution in [2.75, 3.05) is 11.4 Å². The maximum absolute atomic E-state index is 11.6. The third-order valence-electron chi connectivity index (χ3n) is 2.77. The molecule has 17 heavy (non-hydrogen) atoms. The lowest BCUT2D eigenvalue weighted by atomic mass is 10.2. The van der Waals surface area contributed by atoms with Gasteiger partial charge in [0.1, 0.15) is 6.04 Å². The molecule has 1 unspecified atom stereocenters. The largest absolute Gasteiger partial charge is 0.360 e. The van der Waals surface area contributed by atoms with Gasteiger partial charge in [0.15, 0.2) is 0 Å². The fraction of sp³-hybridized carbons (Fsp3) is 0.364. The SMILES string of the molecule is O=C(OS(=O)O)[C@@H]1CCCN1c1ccccc1. The molecule has 0 saturated carbocycles. The fourth-order valence-corrected chi connectivity index (χ4v) is 2.32. The zero-order valence-electron chi connectivity index (χ0n) is 9.11. The number of hydrogen-bond acceptors (Lipinski definition) is 4. The third-order valence-corrected chi connectivity index (χ3v) is 3.07. The van der Waals surface area contributed by atoms with Crippen molar-refractivity contribution in [3.63, 3.8) is 0 Å². The lowest BCUT2D eigenvalue weighted by molar-refractivity contribution is -0.135. The van der Waals surface area contributed by atoms with Crippen LogP contribution < -0.4 is 4.90 Å². The van der Waals surface area contributed by atoms with E-state index in [1.807, 2.05) is 35.2 Å². The van der Waals surface area contributed by atoms with Gasteiger partial charge in [-0.15, -0.1) is 0 Å². The minimum Gasteiger partial charge on any atom is -0.358 e. The van der Waals surface area contributed by atoms with E-state index in [0.29, 0.717) is 6.42 Å². The summed E-state index contributed by atoms with van der Waals surface area (Å²) in [5, 5.41) is 0. The Balaban J connectivity index is 2.13. The first-order valence-electron chi connectivity index (χ1n) is 5.33. The molecule has 92 valence electrons. The van der Waals surface area contributed by atoms with E-state index in [1.165, 1.54) is 0 Å². The molecule has 0 spiro atoms. The highest BCUT2D eigenvalue weighted by molar-refractivity contribution is 7.74. The normalized spacial score (nSPS) is 21.2. The second-order valence-corrected chi connectivity index (χ2v) is 4.41. The van der Waals surface area contributed by atoms with E-state index in [4.69, 9.17) is 4.55 Å². The predicted molar refractivity (Wildman–Crippen MR) is 63.7 cm³/mol. The molecule has 0 aliphatic carbocycles. The molecule has 1 N–H and O–H groups in total. The van der Waals surface area contributed by atoms with Gasteiger partial charge in [0.05, 0.1) is 0 Å². The van der Waals surface area contributed by atoms with Crippen molar-refractivity contribution in [2.45, 2.75) is 18.9 Å². The number of carbonyl (C=O) groups is 1. The van der Waals surface area contributed by atoms with Crippen molar-refractivity contribution in [3.8, 4) is 0 Å². The second kappa shape index (κ2) is 5.29. The third kappa shape index (κ3) is 2.83. The number of hydrogen-bond donors (Lipinski definition) is 1. The van der Waals surface area contributed by atoms with Crippen LogP contribution in [0.2, 0.25) is 0 Å². The Morgan fingerprint density at radius 3 is 2.76 bits per heavy atom. The first-order valence-corrected chi connectivity index (χ1v) is 6.36. The van der Waals surface area contributed by atoms with Gasteiger partial charge in [0.25, 0.3) is 0 Å². The number of rotatable bonds is 3. The van der Waals surface area contributed by atoms with Gasteiger partial charge < -0.3 is 9.08 Å². The highest BCUT2D eigenvalue weighted by Crippen LogP contribution is 2.25. The van der Waals surface area contributed by atoms with Crippen molar-refractivity contribution in [1.29, 1.82) is 0 Å². The minimum absolute atomic E-state index is 0.464. The predicted octanol–water partition coefficient (Wildman–Crippen LogP) is 1.34. The smallest absolute Gasteiger partial charge is 0.358 e. The van der Waals surface area contributed by atoms with Gasteiger partial charge >= 0.3 is 17.3 Å². The Bertz CT molecular complexity index is 423. The molecule has 2 atom stereocenters. The summed E-state index contributed by atoms with van der Waals surface area (Å²) in [6, 6.07) is 9.02. The number of benzene rings is 1. The molecule has 0 amide bonds. The molecule has 1 aromatic carbocycles. The lowest BCUT2D eigenvalue weighted by Gasteiger charge is -2.24. The summed E-state index contributed by atoms with van der Waals surface area (Å²) >= 11 is -2.54. The van der Waals surface area contributed by atoms with Gasteiger partial charge in [-0.25, -0.2) is 4.79 Å². The molecule has 2 rings (SSSR count). The molecule has 6 heteroatoms. The molecule has 1 fully saturated rings. The molecule has 0 radical (unpaired) electrons. The Morgan fingerprint density at radius 2 is 2.12 bits per heavy atom. The molecule has 1 aliphatic heterocycles. The van der Waals surface area contributed by atoms with Crippen molar-refractivity contribution < 1.29 is 17.7 Å². The van der Waals surface area contributed by atoms with Crippen LogP contribution in [-0.4, -0.2) is 27.3 Å². The maximum atomic E-state index is 11.6. The maximum Gasteiger partial charge on any atom is 0.360 e. The Hall–Kier alpha value is -1.40. The van der Waals surface area contributed by atoms with Crippen LogP contribution in [-0.2, 0) is 20.3 Å². The molecule has 0 aromatic heterocycles. The molecule has 0 bridgehead atoms. The van der Waals surface area contributed by atoms with Crippen molar-refractivity contribution in [3.05, 3.63) is 30.3 Å². The first-order chi connectivity index (χ1) is 8.18. The van der Waals surface area contributed by atoms with E-state index in [-0.39, 0.29) is 0 Å². The average Bonchev–Trinajstić information content (AvgIpc) is 2.78. The van der Waals surface area contributed by atoms with Crippen LogP contribution in [0.4, 0.5) is 5.69 Å². The zero-order chi connectivity index (χ0) is 12.3. The summed E-state index contributed by atoms with van der Waals surface area (Å²) < 4.78 is 23.3. The zero-order valence-corrected chi connectivity index (χ0v) is 9.93. The number of anilines is 1. The lowest BCUT2D eigenvalue weighted by Crippen LogP contribution is -2.37. The molecule has 5 nitrogen and oxygen atoms in total.